The van der Waals surface area contributed by atoms with Crippen molar-refractivity contribution in [1.29, 1.82) is 0 Å². The van der Waals surface area contributed by atoms with E-state index >= 15 is 0 Å². The van der Waals surface area contributed by atoms with E-state index < -0.39 is 0 Å². The molecule has 2 unspecified atom stereocenters. The van der Waals surface area contributed by atoms with E-state index in [1.165, 1.54) is 49.7 Å². The molecule has 0 heterocycles. The maximum Gasteiger partial charge on any atom is 0.134 e. The normalized spacial score (nSPS) is 35.1. The molecule has 4 fully saturated rings. The predicted molar refractivity (Wildman–Crippen MR) is 122 cm³/mol. The van der Waals surface area contributed by atoms with Gasteiger partial charge >= 0.3 is 0 Å². The molecular weight excluding hydrogens is 422 g/mol. The van der Waals surface area contributed by atoms with Crippen molar-refractivity contribution in [1.82, 2.24) is 5.32 Å². The fourth-order valence-corrected chi connectivity index (χ4v) is 7.98. The number of hydrogen-bond acceptors (Lipinski definition) is 2. The Labute approximate surface area is 183 Å². The van der Waals surface area contributed by atoms with E-state index in [-0.39, 0.29) is 0 Å². The lowest BCUT2D eigenvalue weighted by Crippen LogP contribution is -2.63. The van der Waals surface area contributed by atoms with Gasteiger partial charge in [-0.15, -0.1) is 0 Å². The summed E-state index contributed by atoms with van der Waals surface area (Å²) in [6.45, 7) is 6.62. The zero-order valence-electron chi connectivity index (χ0n) is 17.6. The van der Waals surface area contributed by atoms with Gasteiger partial charge in [-0.2, -0.15) is 0 Å². The average molecular weight is 454 g/mol. The number of hydrogen-bond donors (Lipinski definition) is 1. The van der Waals surface area contributed by atoms with Crippen LogP contribution in [0, 0.1) is 16.7 Å². The number of halogens is 1. The van der Waals surface area contributed by atoms with Crippen molar-refractivity contribution in [2.45, 2.75) is 71.1 Å². The highest BCUT2D eigenvalue weighted by atomic mass is 79.9. The Morgan fingerprint density at radius 2 is 1.66 bits per heavy atom. The lowest BCUT2D eigenvalue weighted by molar-refractivity contribution is -0.118. The van der Waals surface area contributed by atoms with Crippen molar-refractivity contribution in [3.05, 3.63) is 64.1 Å². The van der Waals surface area contributed by atoms with Gasteiger partial charge in [0.15, 0.2) is 0 Å². The molecule has 2 aromatic carbocycles. The molecule has 4 aliphatic carbocycles. The minimum Gasteiger partial charge on any atom is -0.488 e. The Morgan fingerprint density at radius 3 is 2.31 bits per heavy atom. The molecule has 4 aliphatic rings. The summed E-state index contributed by atoms with van der Waals surface area (Å²) < 4.78 is 7.05. The van der Waals surface area contributed by atoms with Crippen LogP contribution in [-0.2, 0) is 13.2 Å². The van der Waals surface area contributed by atoms with E-state index in [1.807, 2.05) is 18.2 Å². The summed E-state index contributed by atoms with van der Waals surface area (Å²) in [6.07, 6.45) is 8.41. The first kappa shape index (κ1) is 19.6. The van der Waals surface area contributed by atoms with Crippen LogP contribution in [0.5, 0.6) is 5.75 Å². The second-order valence-electron chi connectivity index (χ2n) is 10.8. The number of nitrogens with one attached hydrogen (secondary N) is 1. The summed E-state index contributed by atoms with van der Waals surface area (Å²) in [5.74, 6) is 1.83. The molecule has 4 saturated carbocycles. The maximum absolute atomic E-state index is 6.02. The van der Waals surface area contributed by atoms with Gasteiger partial charge in [0.2, 0.25) is 0 Å². The SMILES string of the molecule is CC12CC3CC(C)(C1)CC(NCc1ccc(OCc4ccccc4)c(Br)c1)(C3)C2. The van der Waals surface area contributed by atoms with Gasteiger partial charge in [-0.25, -0.2) is 0 Å². The second kappa shape index (κ2) is 7.13. The summed E-state index contributed by atoms with van der Waals surface area (Å²) in [5.41, 5.74) is 3.97. The molecule has 154 valence electrons. The van der Waals surface area contributed by atoms with Crippen LogP contribution in [0.15, 0.2) is 53.0 Å². The first-order chi connectivity index (χ1) is 13.8. The zero-order chi connectivity index (χ0) is 20.1. The fraction of sp³-hybridized carbons (Fsp3) is 0.538. The Kier molecular flexibility index (Phi) is 4.83. The maximum atomic E-state index is 6.02. The monoisotopic (exact) mass is 453 g/mol. The van der Waals surface area contributed by atoms with Gasteiger partial charge in [0.1, 0.15) is 12.4 Å². The van der Waals surface area contributed by atoms with E-state index in [1.54, 1.807) is 0 Å². The van der Waals surface area contributed by atoms with Crippen LogP contribution >= 0.6 is 15.9 Å². The van der Waals surface area contributed by atoms with Crippen LogP contribution in [0.4, 0.5) is 0 Å². The minimum absolute atomic E-state index is 0.345. The standard InChI is InChI=1S/C26H32BrNO/c1-24-11-21-12-25(2,16-24)18-26(13-21,17-24)28-14-20-8-9-23(22(27)10-20)29-15-19-6-4-3-5-7-19/h3-10,21,28H,11-18H2,1-2H3. The molecule has 2 nitrogen and oxygen atoms in total. The van der Waals surface area contributed by atoms with Gasteiger partial charge in [0.05, 0.1) is 4.47 Å². The van der Waals surface area contributed by atoms with E-state index in [0.717, 1.165) is 22.7 Å². The van der Waals surface area contributed by atoms with Crippen LogP contribution in [0.3, 0.4) is 0 Å². The largest absolute Gasteiger partial charge is 0.488 e. The van der Waals surface area contributed by atoms with Gasteiger partial charge in [0.25, 0.3) is 0 Å². The third-order valence-electron chi connectivity index (χ3n) is 7.53. The van der Waals surface area contributed by atoms with Gasteiger partial charge in [-0.05, 0) is 94.5 Å². The number of ether oxygens (including phenoxy) is 1. The molecule has 29 heavy (non-hydrogen) atoms. The average Bonchev–Trinajstić information content (AvgIpc) is 2.64. The van der Waals surface area contributed by atoms with E-state index in [9.17, 15) is 0 Å². The van der Waals surface area contributed by atoms with Crippen LogP contribution in [0.25, 0.3) is 0 Å². The highest BCUT2D eigenvalue weighted by molar-refractivity contribution is 9.10. The summed E-state index contributed by atoms with van der Waals surface area (Å²) in [5, 5.41) is 4.04. The van der Waals surface area contributed by atoms with Crippen LogP contribution < -0.4 is 10.1 Å². The van der Waals surface area contributed by atoms with Crippen molar-refractivity contribution in [2.24, 2.45) is 16.7 Å². The Bertz CT molecular complexity index is 877. The van der Waals surface area contributed by atoms with Gasteiger partial charge in [-0.3, -0.25) is 0 Å². The molecule has 3 heteroatoms. The molecule has 0 spiro atoms. The highest BCUT2D eigenvalue weighted by Crippen LogP contribution is 2.66. The minimum atomic E-state index is 0.345. The molecule has 2 aromatic rings. The third-order valence-corrected chi connectivity index (χ3v) is 8.15. The summed E-state index contributed by atoms with van der Waals surface area (Å²) in [4.78, 5) is 0. The Morgan fingerprint density at radius 1 is 0.931 bits per heavy atom. The van der Waals surface area contributed by atoms with Gasteiger partial charge in [0, 0.05) is 12.1 Å². The molecule has 0 amide bonds. The zero-order valence-corrected chi connectivity index (χ0v) is 19.2. The smallest absolute Gasteiger partial charge is 0.134 e. The Hall–Kier alpha value is -1.32. The molecule has 0 radical (unpaired) electrons. The van der Waals surface area contributed by atoms with E-state index in [4.69, 9.17) is 4.74 Å². The first-order valence-electron chi connectivity index (χ1n) is 11.0. The number of rotatable bonds is 6. The first-order valence-corrected chi connectivity index (χ1v) is 11.8. The van der Waals surface area contributed by atoms with Crippen LogP contribution in [-0.4, -0.2) is 5.54 Å². The molecule has 2 atom stereocenters. The summed E-state index contributed by atoms with van der Waals surface area (Å²) in [7, 11) is 0. The lowest BCUT2D eigenvalue weighted by Gasteiger charge is -2.65. The topological polar surface area (TPSA) is 21.3 Å². The van der Waals surface area contributed by atoms with Gasteiger partial charge < -0.3 is 10.1 Å². The summed E-state index contributed by atoms with van der Waals surface area (Å²) >= 11 is 3.72. The fourth-order valence-electron chi connectivity index (χ4n) is 7.44. The lowest BCUT2D eigenvalue weighted by atomic mass is 9.43. The molecule has 0 aromatic heterocycles. The van der Waals surface area contributed by atoms with Gasteiger partial charge in [-0.1, -0.05) is 50.2 Å². The summed E-state index contributed by atoms with van der Waals surface area (Å²) in [6, 6.07) is 16.9. The van der Waals surface area contributed by atoms with Crippen molar-refractivity contribution >= 4 is 15.9 Å². The molecular formula is C26H32BrNO. The molecule has 0 aliphatic heterocycles. The third kappa shape index (κ3) is 4.01. The number of benzene rings is 2. The predicted octanol–water partition coefficient (Wildman–Crippen LogP) is 6.87. The van der Waals surface area contributed by atoms with E-state index in [2.05, 4.69) is 65.4 Å². The molecule has 1 N–H and O–H groups in total. The Balaban J connectivity index is 1.24. The quantitative estimate of drug-likeness (QED) is 0.515. The van der Waals surface area contributed by atoms with Crippen LogP contribution in [0.2, 0.25) is 0 Å². The van der Waals surface area contributed by atoms with Crippen molar-refractivity contribution in [3.8, 4) is 5.75 Å². The van der Waals surface area contributed by atoms with E-state index in [0.29, 0.717) is 23.0 Å². The van der Waals surface area contributed by atoms with Crippen molar-refractivity contribution < 1.29 is 4.74 Å². The second-order valence-corrected chi connectivity index (χ2v) is 11.7. The molecule has 4 bridgehead atoms. The highest BCUT2D eigenvalue weighted by Gasteiger charge is 2.59. The van der Waals surface area contributed by atoms with Crippen LogP contribution in [0.1, 0.15) is 63.5 Å². The van der Waals surface area contributed by atoms with Crippen molar-refractivity contribution in [3.63, 3.8) is 0 Å². The molecule has 6 rings (SSSR count). The van der Waals surface area contributed by atoms with Crippen molar-refractivity contribution in [2.75, 3.05) is 0 Å². The molecule has 0 saturated heterocycles.